The van der Waals surface area contributed by atoms with Crippen molar-refractivity contribution in [1.29, 1.82) is 0 Å². The highest BCUT2D eigenvalue weighted by molar-refractivity contribution is 5.68. The number of benzene rings is 1. The van der Waals surface area contributed by atoms with E-state index in [1.807, 2.05) is 36.2 Å². The molecule has 1 saturated carbocycles. The molecule has 4 rings (SSSR count). The number of ether oxygens (including phenoxy) is 1. The average Bonchev–Trinajstić information content (AvgIpc) is 2.73. The third kappa shape index (κ3) is 4.24. The molecule has 1 N–H and O–H groups in total. The molecular formula is C21H27FN6O2. The van der Waals surface area contributed by atoms with Crippen molar-refractivity contribution < 1.29 is 13.9 Å². The maximum absolute atomic E-state index is 14.3. The first-order valence-corrected chi connectivity index (χ1v) is 10.3. The molecule has 1 aromatic heterocycles. The lowest BCUT2D eigenvalue weighted by Crippen LogP contribution is -2.48. The van der Waals surface area contributed by atoms with Crippen molar-refractivity contribution in [3.8, 4) is 0 Å². The van der Waals surface area contributed by atoms with E-state index < -0.39 is 5.82 Å². The van der Waals surface area contributed by atoms with Gasteiger partial charge in [-0.25, -0.2) is 14.2 Å². The summed E-state index contributed by atoms with van der Waals surface area (Å²) in [5.74, 6) is 0.282. The summed E-state index contributed by atoms with van der Waals surface area (Å²) in [5, 5.41) is 3.19. The van der Waals surface area contributed by atoms with E-state index in [2.05, 4.69) is 20.2 Å². The fourth-order valence-electron chi connectivity index (χ4n) is 3.80. The predicted octanol–water partition coefficient (Wildman–Crippen LogP) is 3.24. The van der Waals surface area contributed by atoms with Crippen molar-refractivity contribution >= 4 is 29.2 Å². The number of aromatic nitrogens is 2. The van der Waals surface area contributed by atoms with E-state index in [-0.39, 0.29) is 6.09 Å². The molecule has 2 aliphatic rings. The standard InChI is InChI=1S/C21H27FN6O2/c1-26(16-6-4-7-16)19-18(22)14-23-20(25-19)24-15-5-3-8-17(13-15)27-9-11-28(12-10-27)21(29)30-2/h3,5,8,13-14,16H,4,6-7,9-12H2,1-2H3,(H,23,24,25). The predicted molar refractivity (Wildman–Crippen MR) is 114 cm³/mol. The van der Waals surface area contributed by atoms with Crippen LogP contribution in [0.4, 0.5) is 32.3 Å². The second-order valence-corrected chi connectivity index (χ2v) is 7.68. The first-order chi connectivity index (χ1) is 14.5. The Balaban J connectivity index is 1.44. The van der Waals surface area contributed by atoms with E-state index >= 15 is 0 Å². The average molecular weight is 414 g/mol. The van der Waals surface area contributed by atoms with Gasteiger partial charge < -0.3 is 24.8 Å². The van der Waals surface area contributed by atoms with Crippen molar-refractivity contribution in [2.45, 2.75) is 25.3 Å². The van der Waals surface area contributed by atoms with Crippen LogP contribution in [0.3, 0.4) is 0 Å². The van der Waals surface area contributed by atoms with Gasteiger partial charge in [0.05, 0.1) is 13.3 Å². The molecule has 30 heavy (non-hydrogen) atoms. The Morgan fingerprint density at radius 3 is 2.70 bits per heavy atom. The molecule has 8 nitrogen and oxygen atoms in total. The first-order valence-electron chi connectivity index (χ1n) is 10.3. The van der Waals surface area contributed by atoms with Gasteiger partial charge in [0.1, 0.15) is 0 Å². The molecule has 160 valence electrons. The van der Waals surface area contributed by atoms with Gasteiger partial charge in [0.15, 0.2) is 11.6 Å². The topological polar surface area (TPSA) is 73.8 Å². The third-order valence-electron chi connectivity index (χ3n) is 5.86. The van der Waals surface area contributed by atoms with E-state index in [4.69, 9.17) is 4.74 Å². The van der Waals surface area contributed by atoms with Gasteiger partial charge in [-0.2, -0.15) is 4.98 Å². The highest BCUT2D eigenvalue weighted by atomic mass is 19.1. The van der Waals surface area contributed by atoms with E-state index in [9.17, 15) is 9.18 Å². The summed E-state index contributed by atoms with van der Waals surface area (Å²) >= 11 is 0. The van der Waals surface area contributed by atoms with Crippen molar-refractivity contribution in [1.82, 2.24) is 14.9 Å². The lowest BCUT2D eigenvalue weighted by atomic mass is 9.92. The zero-order valence-corrected chi connectivity index (χ0v) is 17.3. The van der Waals surface area contributed by atoms with E-state index in [0.29, 0.717) is 30.9 Å². The van der Waals surface area contributed by atoms with Gasteiger partial charge in [-0.15, -0.1) is 0 Å². The number of amides is 1. The van der Waals surface area contributed by atoms with Gasteiger partial charge in [0.2, 0.25) is 5.95 Å². The minimum Gasteiger partial charge on any atom is -0.453 e. The molecule has 0 radical (unpaired) electrons. The number of hydrogen-bond acceptors (Lipinski definition) is 7. The number of nitrogens with one attached hydrogen (secondary N) is 1. The van der Waals surface area contributed by atoms with Gasteiger partial charge in [-0.3, -0.25) is 0 Å². The lowest BCUT2D eigenvalue weighted by Gasteiger charge is -2.35. The summed E-state index contributed by atoms with van der Waals surface area (Å²) < 4.78 is 19.1. The van der Waals surface area contributed by atoms with Crippen molar-refractivity contribution in [2.24, 2.45) is 0 Å². The Morgan fingerprint density at radius 1 is 1.27 bits per heavy atom. The molecule has 1 amide bonds. The maximum Gasteiger partial charge on any atom is 0.409 e. The molecule has 9 heteroatoms. The second kappa shape index (κ2) is 8.73. The molecular weight excluding hydrogens is 387 g/mol. The van der Waals surface area contributed by atoms with Crippen molar-refractivity contribution in [2.75, 3.05) is 55.5 Å². The van der Waals surface area contributed by atoms with E-state index in [1.165, 1.54) is 19.7 Å². The highest BCUT2D eigenvalue weighted by Gasteiger charge is 2.25. The van der Waals surface area contributed by atoms with Crippen LogP contribution in [0.1, 0.15) is 19.3 Å². The van der Waals surface area contributed by atoms with Crippen LogP contribution in [0, 0.1) is 5.82 Å². The lowest BCUT2D eigenvalue weighted by molar-refractivity contribution is 0.121. The number of methoxy groups -OCH3 is 1. The van der Waals surface area contributed by atoms with Gasteiger partial charge in [0.25, 0.3) is 0 Å². The molecule has 2 heterocycles. The van der Waals surface area contributed by atoms with Crippen LogP contribution < -0.4 is 15.1 Å². The van der Waals surface area contributed by atoms with E-state index in [1.54, 1.807) is 4.90 Å². The quantitative estimate of drug-likeness (QED) is 0.805. The molecule has 0 atom stereocenters. The maximum atomic E-state index is 14.3. The minimum absolute atomic E-state index is 0.291. The number of hydrogen-bond donors (Lipinski definition) is 1. The van der Waals surface area contributed by atoms with Gasteiger partial charge in [0, 0.05) is 50.6 Å². The van der Waals surface area contributed by atoms with Crippen LogP contribution in [-0.2, 0) is 4.74 Å². The third-order valence-corrected chi connectivity index (χ3v) is 5.86. The number of anilines is 4. The van der Waals surface area contributed by atoms with Crippen LogP contribution in [0.5, 0.6) is 0 Å². The monoisotopic (exact) mass is 414 g/mol. The molecule has 0 bridgehead atoms. The van der Waals surface area contributed by atoms with Crippen LogP contribution >= 0.6 is 0 Å². The van der Waals surface area contributed by atoms with Crippen LogP contribution in [0.15, 0.2) is 30.5 Å². The number of rotatable bonds is 5. The second-order valence-electron chi connectivity index (χ2n) is 7.68. The van der Waals surface area contributed by atoms with Gasteiger partial charge in [-0.05, 0) is 37.5 Å². The van der Waals surface area contributed by atoms with Gasteiger partial charge in [-0.1, -0.05) is 6.07 Å². The van der Waals surface area contributed by atoms with Crippen LogP contribution in [0.2, 0.25) is 0 Å². The molecule has 2 aromatic rings. The Morgan fingerprint density at radius 2 is 2.03 bits per heavy atom. The summed E-state index contributed by atoms with van der Waals surface area (Å²) in [5.41, 5.74) is 1.87. The fraction of sp³-hybridized carbons (Fsp3) is 0.476. The summed E-state index contributed by atoms with van der Waals surface area (Å²) in [6.07, 6.45) is 4.23. The van der Waals surface area contributed by atoms with Crippen LogP contribution in [0.25, 0.3) is 0 Å². The zero-order chi connectivity index (χ0) is 21.1. The van der Waals surface area contributed by atoms with Gasteiger partial charge >= 0.3 is 6.09 Å². The molecule has 2 fully saturated rings. The smallest absolute Gasteiger partial charge is 0.409 e. The molecule has 1 aromatic carbocycles. The normalized spacial score (nSPS) is 16.8. The number of nitrogens with zero attached hydrogens (tertiary/aromatic N) is 5. The van der Waals surface area contributed by atoms with Crippen molar-refractivity contribution in [3.05, 3.63) is 36.3 Å². The zero-order valence-electron chi connectivity index (χ0n) is 17.3. The minimum atomic E-state index is -0.410. The Kier molecular flexibility index (Phi) is 5.87. The SMILES string of the molecule is COC(=O)N1CCN(c2cccc(Nc3ncc(F)c(N(C)C4CCC4)n3)c2)CC1. The molecule has 1 saturated heterocycles. The number of halogens is 1. The Hall–Kier alpha value is -3.10. The summed E-state index contributed by atoms with van der Waals surface area (Å²) in [7, 11) is 3.28. The Labute approximate surface area is 175 Å². The highest BCUT2D eigenvalue weighted by Crippen LogP contribution is 2.29. The van der Waals surface area contributed by atoms with Crippen molar-refractivity contribution in [3.63, 3.8) is 0 Å². The largest absolute Gasteiger partial charge is 0.453 e. The number of carbonyl (C=O) groups excluding carboxylic acids is 1. The molecule has 1 aliphatic heterocycles. The summed E-state index contributed by atoms with van der Waals surface area (Å²) in [6, 6.07) is 8.26. The molecule has 0 unspecified atom stereocenters. The van der Waals surface area contributed by atoms with E-state index in [0.717, 1.165) is 37.3 Å². The molecule has 1 aliphatic carbocycles. The summed E-state index contributed by atoms with van der Waals surface area (Å²) in [6.45, 7) is 2.67. The first kappa shape index (κ1) is 20.2. The Bertz CT molecular complexity index is 899. The fourth-order valence-corrected chi connectivity index (χ4v) is 3.80. The summed E-state index contributed by atoms with van der Waals surface area (Å²) in [4.78, 5) is 26.0. The number of carbonyl (C=O) groups is 1. The molecule has 0 spiro atoms. The number of piperazine rings is 1. The van der Waals surface area contributed by atoms with Crippen LogP contribution in [-0.4, -0.2) is 67.3 Å².